The van der Waals surface area contributed by atoms with Crippen molar-refractivity contribution in [2.45, 2.75) is 35.5 Å². The molecule has 3 heterocycles. The molecule has 1 unspecified atom stereocenters. The van der Waals surface area contributed by atoms with E-state index in [0.29, 0.717) is 17.9 Å². The van der Waals surface area contributed by atoms with Crippen LogP contribution >= 0.6 is 11.6 Å². The van der Waals surface area contributed by atoms with E-state index in [4.69, 9.17) is 20.8 Å². The van der Waals surface area contributed by atoms with Gasteiger partial charge in [-0.2, -0.15) is 5.26 Å². The molecule has 3 aromatic carbocycles. The van der Waals surface area contributed by atoms with Crippen LogP contribution in [-0.4, -0.2) is 56.1 Å². The van der Waals surface area contributed by atoms with Crippen LogP contribution in [0.1, 0.15) is 40.6 Å². The number of aromatic nitrogens is 1. The molecular formula is C31H28ClN5O6S. The van der Waals surface area contributed by atoms with Gasteiger partial charge in [0, 0.05) is 29.2 Å². The number of β-amino-alcohol motifs (C(OH)–C–C–N with tert-alkyl or cyclic N) is 1. The minimum atomic E-state index is -4.52. The van der Waals surface area contributed by atoms with E-state index in [9.17, 15) is 18.8 Å². The Morgan fingerprint density at radius 3 is 2.61 bits per heavy atom. The van der Waals surface area contributed by atoms with Gasteiger partial charge in [-0.3, -0.25) is 9.69 Å². The van der Waals surface area contributed by atoms with Gasteiger partial charge in [-0.25, -0.2) is 17.7 Å². The first-order valence-corrected chi connectivity index (χ1v) is 15.5. The number of aliphatic hydroxyl groups excluding tert-OH is 1. The highest BCUT2D eigenvalue weighted by atomic mass is 35.5. The molecule has 2 aliphatic rings. The van der Waals surface area contributed by atoms with E-state index < -0.39 is 33.6 Å². The third kappa shape index (κ3) is 4.56. The number of hydrogen-bond acceptors (Lipinski definition) is 10. The molecule has 2 aliphatic heterocycles. The predicted molar refractivity (Wildman–Crippen MR) is 160 cm³/mol. The number of amides is 1. The predicted octanol–water partition coefficient (Wildman–Crippen LogP) is 3.71. The fourth-order valence-corrected chi connectivity index (χ4v) is 7.88. The van der Waals surface area contributed by atoms with Crippen LogP contribution in [0.2, 0.25) is 5.02 Å². The summed E-state index contributed by atoms with van der Waals surface area (Å²) in [5.74, 6) is -0.219. The lowest BCUT2D eigenvalue weighted by Gasteiger charge is -2.41. The van der Waals surface area contributed by atoms with E-state index >= 15 is 4.79 Å². The Bertz CT molecular complexity index is 1880. The van der Waals surface area contributed by atoms with Crippen molar-refractivity contribution < 1.29 is 27.5 Å². The second-order valence-electron chi connectivity index (χ2n) is 10.6. The highest BCUT2D eigenvalue weighted by Crippen LogP contribution is 2.56. The normalized spacial score (nSPS) is 21.8. The summed E-state index contributed by atoms with van der Waals surface area (Å²) >= 11 is 6.56. The minimum absolute atomic E-state index is 0.0169. The molecule has 0 radical (unpaired) electrons. The number of fused-ring (bicyclic) bond motifs is 1. The zero-order chi connectivity index (χ0) is 31.2. The summed E-state index contributed by atoms with van der Waals surface area (Å²) in [4.78, 5) is 21.1. The van der Waals surface area contributed by atoms with E-state index in [1.54, 1.807) is 30.1 Å². The van der Waals surface area contributed by atoms with Gasteiger partial charge in [0.25, 0.3) is 15.9 Å². The minimum Gasteiger partial charge on any atom is -0.496 e. The Labute approximate surface area is 259 Å². The SMILES string of the molecule is CNCc1ccc(C2(N3C[C@H](O)C[C@H]3c3ncco3)C(=O)N(S(=O)(=O)c3ccc(C#N)cc3)c3ccc(Cl)cc32)c(OC)c1. The van der Waals surface area contributed by atoms with Crippen molar-refractivity contribution in [3.05, 3.63) is 106 Å². The number of benzene rings is 3. The topological polar surface area (TPSA) is 149 Å². The number of hydrogen-bond donors (Lipinski definition) is 2. The summed E-state index contributed by atoms with van der Waals surface area (Å²) in [6, 6.07) is 16.5. The molecule has 4 aromatic rings. The number of nitriles is 1. The van der Waals surface area contributed by atoms with Crippen LogP contribution in [0, 0.1) is 11.3 Å². The number of rotatable bonds is 8. The number of methoxy groups -OCH3 is 1. The van der Waals surface area contributed by atoms with Crippen LogP contribution in [0.15, 0.2) is 82.4 Å². The Balaban J connectivity index is 1.67. The molecule has 226 valence electrons. The van der Waals surface area contributed by atoms with Gasteiger partial charge in [-0.15, -0.1) is 0 Å². The zero-order valence-corrected chi connectivity index (χ0v) is 25.3. The van der Waals surface area contributed by atoms with Crippen molar-refractivity contribution >= 4 is 33.2 Å². The maximum atomic E-state index is 15.2. The average molecular weight is 634 g/mol. The van der Waals surface area contributed by atoms with E-state index in [1.807, 2.05) is 12.1 Å². The first kappa shape index (κ1) is 29.8. The van der Waals surface area contributed by atoms with Gasteiger partial charge in [0.05, 0.1) is 47.7 Å². The largest absolute Gasteiger partial charge is 0.496 e. The molecular weight excluding hydrogens is 606 g/mol. The van der Waals surface area contributed by atoms with Gasteiger partial charge in [0.2, 0.25) is 5.89 Å². The van der Waals surface area contributed by atoms with Gasteiger partial charge in [0.15, 0.2) is 5.54 Å². The Kier molecular flexibility index (Phi) is 7.69. The number of oxazole rings is 1. The molecule has 13 heteroatoms. The molecule has 1 saturated heterocycles. The highest BCUT2D eigenvalue weighted by Gasteiger charge is 2.63. The summed E-state index contributed by atoms with van der Waals surface area (Å²) in [5, 5.41) is 23.6. The van der Waals surface area contributed by atoms with Gasteiger partial charge >= 0.3 is 0 Å². The van der Waals surface area contributed by atoms with Crippen LogP contribution in [0.25, 0.3) is 0 Å². The molecule has 11 nitrogen and oxygen atoms in total. The molecule has 0 aliphatic carbocycles. The van der Waals surface area contributed by atoms with Crippen LogP contribution in [-0.2, 0) is 26.9 Å². The van der Waals surface area contributed by atoms with Crippen LogP contribution < -0.4 is 14.4 Å². The maximum Gasteiger partial charge on any atom is 0.271 e. The summed E-state index contributed by atoms with van der Waals surface area (Å²) in [6.45, 7) is 0.498. The second-order valence-corrected chi connectivity index (χ2v) is 12.8. The number of nitrogens with zero attached hydrogens (tertiary/aromatic N) is 4. The van der Waals surface area contributed by atoms with Crippen molar-refractivity contribution in [1.82, 2.24) is 15.2 Å². The Morgan fingerprint density at radius 2 is 1.95 bits per heavy atom. The summed E-state index contributed by atoms with van der Waals surface area (Å²) in [7, 11) is -1.24. The quantitative estimate of drug-likeness (QED) is 0.294. The number of likely N-dealkylation sites (tertiary alicyclic amines) is 1. The number of nitrogens with one attached hydrogen (secondary N) is 1. The fourth-order valence-electron chi connectivity index (χ4n) is 6.25. The Morgan fingerprint density at radius 1 is 1.18 bits per heavy atom. The smallest absolute Gasteiger partial charge is 0.271 e. The molecule has 0 saturated carbocycles. The van der Waals surface area contributed by atoms with Crippen molar-refractivity contribution in [2.75, 3.05) is 25.0 Å². The lowest BCUT2D eigenvalue weighted by Crippen LogP contribution is -2.55. The lowest BCUT2D eigenvalue weighted by molar-refractivity contribution is -0.127. The monoisotopic (exact) mass is 633 g/mol. The molecule has 2 N–H and O–H groups in total. The molecule has 3 atom stereocenters. The van der Waals surface area contributed by atoms with Gasteiger partial charge in [0.1, 0.15) is 12.0 Å². The summed E-state index contributed by atoms with van der Waals surface area (Å²) < 4.78 is 41.0. The molecule has 0 bridgehead atoms. The zero-order valence-electron chi connectivity index (χ0n) is 23.8. The number of carbonyl (C=O) groups excluding carboxylic acids is 1. The fraction of sp³-hybridized carbons (Fsp3) is 0.258. The molecule has 6 rings (SSSR count). The van der Waals surface area contributed by atoms with Crippen molar-refractivity contribution in [3.8, 4) is 11.8 Å². The van der Waals surface area contributed by atoms with E-state index in [1.165, 1.54) is 56.0 Å². The number of ether oxygens (including phenoxy) is 1. The number of aliphatic hydroxyl groups is 1. The molecule has 1 fully saturated rings. The first-order valence-electron chi connectivity index (χ1n) is 13.7. The molecule has 44 heavy (non-hydrogen) atoms. The number of carbonyl (C=O) groups is 1. The molecule has 1 amide bonds. The highest BCUT2D eigenvalue weighted by molar-refractivity contribution is 7.93. The van der Waals surface area contributed by atoms with E-state index in [-0.39, 0.29) is 45.6 Å². The maximum absolute atomic E-state index is 15.2. The second kappa shape index (κ2) is 11.4. The number of sulfonamides is 1. The number of anilines is 1. The van der Waals surface area contributed by atoms with E-state index in [2.05, 4.69) is 10.3 Å². The van der Waals surface area contributed by atoms with Crippen molar-refractivity contribution in [1.29, 1.82) is 5.26 Å². The lowest BCUT2D eigenvalue weighted by atomic mass is 9.80. The molecule has 1 aromatic heterocycles. The summed E-state index contributed by atoms with van der Waals surface area (Å²) in [5.41, 5.74) is 0.0315. The molecule has 0 spiro atoms. The summed E-state index contributed by atoms with van der Waals surface area (Å²) in [6.07, 6.45) is 2.16. The van der Waals surface area contributed by atoms with Crippen molar-refractivity contribution in [3.63, 3.8) is 0 Å². The van der Waals surface area contributed by atoms with Crippen LogP contribution in [0.4, 0.5) is 5.69 Å². The van der Waals surface area contributed by atoms with Gasteiger partial charge < -0.3 is 19.6 Å². The third-order valence-electron chi connectivity index (χ3n) is 8.07. The van der Waals surface area contributed by atoms with E-state index in [0.717, 1.165) is 9.87 Å². The van der Waals surface area contributed by atoms with Crippen molar-refractivity contribution in [2.24, 2.45) is 0 Å². The standard InChI is InChI=1S/C31H28ClN5O6S/c1-34-17-20-5-9-24(28(13-20)42-2)31(36-18-22(38)15-27(36)29-35-11-12-43-29)25-14-21(32)6-10-26(25)37(30(31)39)44(40,41)23-7-3-19(16-33)4-8-23/h3-14,22,27,34,38H,15,17-18H2,1-2H3/t22-,27+,31?/m1/s1. The first-order chi connectivity index (χ1) is 21.2. The average Bonchev–Trinajstić information content (AvgIpc) is 3.74. The number of halogens is 1. The van der Waals surface area contributed by atoms with Gasteiger partial charge in [-0.05, 0) is 67.6 Å². The third-order valence-corrected chi connectivity index (χ3v) is 10.0. The van der Waals surface area contributed by atoms with Crippen LogP contribution in [0.3, 0.4) is 0 Å². The van der Waals surface area contributed by atoms with Gasteiger partial charge in [-0.1, -0.05) is 23.7 Å². The Hall–Kier alpha value is -4.25. The van der Waals surface area contributed by atoms with Crippen LogP contribution in [0.5, 0.6) is 5.75 Å².